The van der Waals surface area contributed by atoms with Crippen LogP contribution >= 0.6 is 11.6 Å². The molecule has 2 N–H and O–H groups in total. The molecular formula is C24H22ClN5O3. The van der Waals surface area contributed by atoms with E-state index < -0.39 is 0 Å². The summed E-state index contributed by atoms with van der Waals surface area (Å²) in [5.74, 6) is 1.33. The molecule has 0 atom stereocenters. The predicted molar refractivity (Wildman–Crippen MR) is 131 cm³/mol. The molecule has 8 nitrogen and oxygen atoms in total. The number of halogens is 1. The molecule has 1 amide bonds. The minimum absolute atomic E-state index is 0.270. The normalized spacial score (nSPS) is 10.7. The number of aryl methyl sites for hydroxylation is 1. The van der Waals surface area contributed by atoms with E-state index >= 15 is 0 Å². The van der Waals surface area contributed by atoms with Crippen LogP contribution in [0.5, 0.6) is 11.5 Å². The van der Waals surface area contributed by atoms with E-state index in [1.807, 2.05) is 42.1 Å². The highest BCUT2D eigenvalue weighted by molar-refractivity contribution is 6.33. The Morgan fingerprint density at radius 3 is 2.61 bits per heavy atom. The molecule has 0 spiro atoms. The van der Waals surface area contributed by atoms with Crippen LogP contribution in [0.25, 0.3) is 22.2 Å². The van der Waals surface area contributed by atoms with Crippen molar-refractivity contribution in [1.82, 2.24) is 14.5 Å². The molecule has 4 aromatic rings. The van der Waals surface area contributed by atoms with Gasteiger partial charge in [-0.25, -0.2) is 9.97 Å². The summed E-state index contributed by atoms with van der Waals surface area (Å²) in [7, 11) is 5.08. The largest absolute Gasteiger partial charge is 0.493 e. The molecule has 2 aromatic carbocycles. The third kappa shape index (κ3) is 4.47. The number of benzene rings is 2. The van der Waals surface area contributed by atoms with Crippen LogP contribution in [0.1, 0.15) is 0 Å². The molecule has 0 radical (unpaired) electrons. The van der Waals surface area contributed by atoms with Crippen LogP contribution in [0, 0.1) is 0 Å². The highest BCUT2D eigenvalue weighted by Gasteiger charge is 2.16. The quantitative estimate of drug-likeness (QED) is 0.367. The van der Waals surface area contributed by atoms with Crippen LogP contribution in [-0.2, 0) is 11.8 Å². The average molecular weight is 464 g/mol. The van der Waals surface area contributed by atoms with Gasteiger partial charge in [0, 0.05) is 41.6 Å². The number of ether oxygens (including phenoxy) is 2. The van der Waals surface area contributed by atoms with E-state index in [0.717, 1.165) is 22.2 Å². The van der Waals surface area contributed by atoms with Crippen LogP contribution in [0.4, 0.5) is 17.3 Å². The molecule has 0 saturated carbocycles. The minimum atomic E-state index is -0.270. The van der Waals surface area contributed by atoms with Gasteiger partial charge < -0.3 is 24.7 Å². The number of amides is 1. The summed E-state index contributed by atoms with van der Waals surface area (Å²) in [6.45, 7) is 3.48. The lowest BCUT2D eigenvalue weighted by Crippen LogP contribution is -2.07. The fourth-order valence-electron chi connectivity index (χ4n) is 3.50. The molecule has 33 heavy (non-hydrogen) atoms. The van der Waals surface area contributed by atoms with E-state index in [1.165, 1.54) is 6.08 Å². The number of carbonyl (C=O) groups excluding carboxylic acids is 1. The van der Waals surface area contributed by atoms with E-state index in [-0.39, 0.29) is 5.91 Å². The summed E-state index contributed by atoms with van der Waals surface area (Å²) in [5.41, 5.74) is 3.75. The number of carbonyl (C=O) groups is 1. The van der Waals surface area contributed by atoms with Gasteiger partial charge in [-0.2, -0.15) is 0 Å². The van der Waals surface area contributed by atoms with Crippen molar-refractivity contribution in [2.45, 2.75) is 0 Å². The van der Waals surface area contributed by atoms with Crippen molar-refractivity contribution in [2.24, 2.45) is 7.05 Å². The number of fused-ring (bicyclic) bond motifs is 1. The molecule has 2 aromatic heterocycles. The Labute approximate surface area is 195 Å². The number of rotatable bonds is 7. The Bertz CT molecular complexity index is 1370. The summed E-state index contributed by atoms with van der Waals surface area (Å²) in [6.07, 6.45) is 4.73. The van der Waals surface area contributed by atoms with Crippen molar-refractivity contribution in [3.8, 4) is 22.8 Å². The molecule has 2 heterocycles. The average Bonchev–Trinajstić information content (AvgIpc) is 3.15. The lowest BCUT2D eigenvalue weighted by molar-refractivity contribution is -0.111. The van der Waals surface area contributed by atoms with Gasteiger partial charge in [0.15, 0.2) is 11.5 Å². The standard InChI is InChI=1S/C24H22ClN5O3/c1-5-22(31)27-14-6-8-16-17(13-30(2)19(16)10-14)23-18(25)12-26-24(29-23)28-15-7-9-20(32-3)21(11-15)33-4/h5-13H,1H2,2-4H3,(H,27,31)(H,26,28,29). The second kappa shape index (κ2) is 9.22. The molecule has 0 aliphatic carbocycles. The van der Waals surface area contributed by atoms with Crippen LogP contribution in [0.2, 0.25) is 5.02 Å². The Morgan fingerprint density at radius 1 is 1.12 bits per heavy atom. The zero-order chi connectivity index (χ0) is 23.5. The number of nitrogens with one attached hydrogen (secondary N) is 2. The van der Waals surface area contributed by atoms with Gasteiger partial charge in [0.05, 0.1) is 36.6 Å². The van der Waals surface area contributed by atoms with Gasteiger partial charge in [-0.1, -0.05) is 24.2 Å². The topological polar surface area (TPSA) is 90.3 Å². The number of aromatic nitrogens is 3. The second-order valence-corrected chi connectivity index (χ2v) is 7.57. The molecule has 0 aliphatic rings. The lowest BCUT2D eigenvalue weighted by atomic mass is 10.1. The Hall–Kier alpha value is -4.04. The van der Waals surface area contributed by atoms with Crippen molar-refractivity contribution in [3.05, 3.63) is 66.5 Å². The predicted octanol–water partition coefficient (Wildman–Crippen LogP) is 5.17. The van der Waals surface area contributed by atoms with E-state index in [1.54, 1.807) is 32.5 Å². The first-order valence-electron chi connectivity index (χ1n) is 9.98. The fourth-order valence-corrected chi connectivity index (χ4v) is 3.70. The summed E-state index contributed by atoms with van der Waals surface area (Å²) in [5, 5.41) is 7.31. The summed E-state index contributed by atoms with van der Waals surface area (Å²) < 4.78 is 12.6. The maximum atomic E-state index is 11.6. The first-order valence-corrected chi connectivity index (χ1v) is 10.4. The lowest BCUT2D eigenvalue weighted by Gasteiger charge is -2.11. The molecule has 0 fully saturated rings. The van der Waals surface area contributed by atoms with Crippen LogP contribution < -0.4 is 20.1 Å². The highest BCUT2D eigenvalue weighted by Crippen LogP contribution is 2.36. The maximum Gasteiger partial charge on any atom is 0.247 e. The molecular weight excluding hydrogens is 442 g/mol. The zero-order valence-corrected chi connectivity index (χ0v) is 19.1. The van der Waals surface area contributed by atoms with E-state index in [4.69, 9.17) is 21.1 Å². The van der Waals surface area contributed by atoms with Gasteiger partial charge in [-0.15, -0.1) is 0 Å². The van der Waals surface area contributed by atoms with Gasteiger partial charge in [0.2, 0.25) is 11.9 Å². The second-order valence-electron chi connectivity index (χ2n) is 7.16. The van der Waals surface area contributed by atoms with Gasteiger partial charge in [-0.05, 0) is 30.3 Å². The van der Waals surface area contributed by atoms with Crippen LogP contribution in [0.15, 0.2) is 61.4 Å². The van der Waals surface area contributed by atoms with Crippen LogP contribution in [-0.4, -0.2) is 34.7 Å². The maximum absolute atomic E-state index is 11.6. The molecule has 9 heteroatoms. The minimum Gasteiger partial charge on any atom is -0.493 e. The third-order valence-electron chi connectivity index (χ3n) is 5.08. The van der Waals surface area contributed by atoms with Gasteiger partial charge in [-0.3, -0.25) is 4.79 Å². The number of anilines is 3. The molecule has 0 unspecified atom stereocenters. The monoisotopic (exact) mass is 463 g/mol. The van der Waals surface area contributed by atoms with Crippen molar-refractivity contribution < 1.29 is 14.3 Å². The summed E-state index contributed by atoms with van der Waals surface area (Å²) in [4.78, 5) is 20.6. The molecule has 0 aliphatic heterocycles. The SMILES string of the molecule is C=CC(=O)Nc1ccc2c(-c3nc(Nc4ccc(OC)c(OC)c4)ncc3Cl)cn(C)c2c1. The number of hydrogen-bond donors (Lipinski definition) is 2. The van der Waals surface area contributed by atoms with E-state index in [9.17, 15) is 4.79 Å². The van der Waals surface area contributed by atoms with Crippen LogP contribution in [0.3, 0.4) is 0 Å². The first kappa shape index (κ1) is 22.2. The van der Waals surface area contributed by atoms with Crippen molar-refractivity contribution in [1.29, 1.82) is 0 Å². The Kier molecular flexibility index (Phi) is 6.19. The summed E-state index contributed by atoms with van der Waals surface area (Å²) in [6, 6.07) is 11.1. The number of hydrogen-bond acceptors (Lipinski definition) is 6. The van der Waals surface area contributed by atoms with E-state index in [0.29, 0.717) is 33.9 Å². The molecule has 168 valence electrons. The third-order valence-corrected chi connectivity index (χ3v) is 5.36. The highest BCUT2D eigenvalue weighted by atomic mass is 35.5. The number of methoxy groups -OCH3 is 2. The fraction of sp³-hybridized carbons (Fsp3) is 0.125. The number of nitrogens with zero attached hydrogens (tertiary/aromatic N) is 3. The molecule has 0 saturated heterocycles. The van der Waals surface area contributed by atoms with Gasteiger partial charge >= 0.3 is 0 Å². The summed E-state index contributed by atoms with van der Waals surface area (Å²) >= 11 is 6.48. The van der Waals surface area contributed by atoms with Crippen molar-refractivity contribution >= 4 is 45.7 Å². The Balaban J connectivity index is 1.71. The van der Waals surface area contributed by atoms with Gasteiger partial charge in [0.1, 0.15) is 0 Å². The smallest absolute Gasteiger partial charge is 0.247 e. The van der Waals surface area contributed by atoms with E-state index in [2.05, 4.69) is 27.2 Å². The first-order chi connectivity index (χ1) is 15.9. The van der Waals surface area contributed by atoms with Crippen molar-refractivity contribution in [2.75, 3.05) is 24.9 Å². The zero-order valence-electron chi connectivity index (χ0n) is 18.3. The van der Waals surface area contributed by atoms with Gasteiger partial charge in [0.25, 0.3) is 0 Å². The molecule has 4 rings (SSSR count). The molecule has 0 bridgehead atoms. The van der Waals surface area contributed by atoms with Crippen molar-refractivity contribution in [3.63, 3.8) is 0 Å². The Morgan fingerprint density at radius 2 is 1.88 bits per heavy atom.